The molecule has 0 bridgehead atoms. The molecule has 8 N–H and O–H groups in total. The minimum Gasteiger partial charge on any atom is -0.508 e. The molecule has 0 spiro atoms. The van der Waals surface area contributed by atoms with Crippen molar-refractivity contribution < 1.29 is 19.7 Å². The summed E-state index contributed by atoms with van der Waals surface area (Å²) >= 11 is 0. The van der Waals surface area contributed by atoms with Gasteiger partial charge in [0, 0.05) is 176 Å². The molecule has 0 saturated heterocycles. The second-order valence-electron chi connectivity index (χ2n) is 34.0. The van der Waals surface area contributed by atoms with E-state index in [1.54, 1.807) is 42.6 Å². The van der Waals surface area contributed by atoms with Crippen LogP contribution in [0.5, 0.6) is 17.2 Å². The van der Waals surface area contributed by atoms with Crippen molar-refractivity contribution in [3.05, 3.63) is 309 Å². The Balaban J connectivity index is 0.0000000928. The Labute approximate surface area is 718 Å². The summed E-state index contributed by atoms with van der Waals surface area (Å²) in [6.07, 6.45) is 36.1. The fourth-order valence-electron chi connectivity index (χ4n) is 20.9. The van der Waals surface area contributed by atoms with Gasteiger partial charge in [-0.1, -0.05) is 18.2 Å². The van der Waals surface area contributed by atoms with E-state index in [1.165, 1.54) is 213 Å². The van der Waals surface area contributed by atoms with Crippen molar-refractivity contribution in [3.8, 4) is 73.5 Å². The molecule has 26 rings (SSSR count). The predicted octanol–water partition coefficient (Wildman–Crippen LogP) is 24.2. The van der Waals surface area contributed by atoms with Gasteiger partial charge in [0.1, 0.15) is 11.5 Å². The van der Waals surface area contributed by atoms with Crippen molar-refractivity contribution in [2.45, 2.75) is 128 Å². The third-order valence-corrected chi connectivity index (χ3v) is 26.7. The minimum absolute atomic E-state index is 0.0893. The Hall–Kier alpha value is -14.7. The number of aromatic amines is 5. The number of para-hydroxylation sites is 1. The number of benzene rings is 9. The molecule has 18 heteroatoms. The maximum absolute atomic E-state index is 13.9. The Bertz CT molecular complexity index is 7890. The SMILES string of the molecule is Cn1ccc2c3c4c(c(-c5ccc(O)cc5)nc3ccc21)CCCC4.O=c1ccc(-c2nc3ccc4[nH]ncc4c3c3c2CCCC3)c[nH]1.Oc1ccc(-c2[nH]c3ccc4nccc4c3c3c2CCCC3)cc1F.Oc1ccc(-c2nc3ccc4[nH]c5ccccc5c4c3c3c2CCCC3)cc1.c1cc(-c2[nH]c3ccc4nccc4c3c3c2CCCC3)ccn1. The summed E-state index contributed by atoms with van der Waals surface area (Å²) in [6, 6.07) is 63.1. The number of phenols is 3. The zero-order valence-electron chi connectivity index (χ0n) is 69.4. The molecule has 0 saturated carbocycles. The highest BCUT2D eigenvalue weighted by Crippen LogP contribution is 2.46. The van der Waals surface area contributed by atoms with Crippen LogP contribution in [-0.4, -0.2) is 79.9 Å². The fourth-order valence-corrected chi connectivity index (χ4v) is 20.9. The fraction of sp³-hybridized carbons (Fsp3) is 0.196. The van der Waals surface area contributed by atoms with Gasteiger partial charge in [-0.25, -0.2) is 19.3 Å². The van der Waals surface area contributed by atoms with Crippen LogP contribution in [0.1, 0.15) is 120 Å². The van der Waals surface area contributed by atoms with E-state index >= 15 is 0 Å². The number of rotatable bonds is 5. The number of aromatic hydroxyl groups is 3. The number of aromatic nitrogens is 13. The molecule has 125 heavy (non-hydrogen) atoms. The van der Waals surface area contributed by atoms with Gasteiger partial charge in [0.05, 0.1) is 56.4 Å². The summed E-state index contributed by atoms with van der Waals surface area (Å²) in [5.41, 5.74) is 36.6. The van der Waals surface area contributed by atoms with Crippen LogP contribution < -0.4 is 5.56 Å². The summed E-state index contributed by atoms with van der Waals surface area (Å²) in [4.78, 5) is 53.2. The first kappa shape index (κ1) is 76.5. The maximum atomic E-state index is 13.9. The van der Waals surface area contributed by atoms with Gasteiger partial charge in [-0.3, -0.25) is 24.8 Å². The summed E-state index contributed by atoms with van der Waals surface area (Å²) in [5.74, 6) is -0.322. The van der Waals surface area contributed by atoms with E-state index in [0.29, 0.717) is 11.5 Å². The highest BCUT2D eigenvalue weighted by atomic mass is 19.1. The lowest BCUT2D eigenvalue weighted by Gasteiger charge is -2.23. The van der Waals surface area contributed by atoms with E-state index in [0.717, 1.165) is 160 Å². The number of fused-ring (bicyclic) bond motifs is 27. The number of hydrogen-bond donors (Lipinski definition) is 8. The lowest BCUT2D eigenvalue weighted by Crippen LogP contribution is -2.09. The molecule has 5 aliphatic carbocycles. The van der Waals surface area contributed by atoms with Gasteiger partial charge in [0.25, 0.3) is 0 Å². The molecule has 0 atom stereocenters. The summed E-state index contributed by atoms with van der Waals surface area (Å²) in [6.45, 7) is 0. The van der Waals surface area contributed by atoms with Gasteiger partial charge in [0.15, 0.2) is 11.6 Å². The number of aryl methyl sites for hydroxylation is 6. The second-order valence-corrected chi connectivity index (χ2v) is 34.0. The first-order chi connectivity index (χ1) is 61.5. The van der Waals surface area contributed by atoms with Crippen LogP contribution in [0.15, 0.2) is 242 Å². The number of hydrogen-bond acceptors (Lipinski definition) is 11. The molecule has 12 heterocycles. The molecule has 0 radical (unpaired) electrons. The highest BCUT2D eigenvalue weighted by molar-refractivity contribution is 6.21. The quantitative estimate of drug-likeness (QED) is 0.0804. The zero-order chi connectivity index (χ0) is 83.9. The number of phenolic OH excluding ortho intramolecular Hbond substituents is 3. The average Bonchev–Trinajstić information content (AvgIpc) is 1.31. The van der Waals surface area contributed by atoms with Crippen LogP contribution in [0.25, 0.3) is 176 Å². The van der Waals surface area contributed by atoms with Gasteiger partial charge in [-0.05, 0) is 354 Å². The number of pyridine rings is 7. The van der Waals surface area contributed by atoms with Crippen molar-refractivity contribution in [1.82, 2.24) is 64.6 Å². The zero-order valence-corrected chi connectivity index (χ0v) is 69.4. The summed E-state index contributed by atoms with van der Waals surface area (Å²) < 4.78 is 16.1. The maximum Gasteiger partial charge on any atom is 0.247 e. The van der Waals surface area contributed by atoms with Gasteiger partial charge in [0.2, 0.25) is 5.56 Å². The van der Waals surface area contributed by atoms with Gasteiger partial charge in [-0.2, -0.15) is 5.10 Å². The molecule has 21 aromatic rings. The van der Waals surface area contributed by atoms with Crippen LogP contribution in [0, 0.1) is 5.82 Å². The Kier molecular flexibility index (Phi) is 19.6. The Morgan fingerprint density at radius 3 is 1.36 bits per heavy atom. The van der Waals surface area contributed by atoms with Gasteiger partial charge in [-0.15, -0.1) is 0 Å². The summed E-state index contributed by atoms with van der Waals surface area (Å²) in [7, 11) is 2.10. The normalized spacial score (nSPS) is 14.1. The largest absolute Gasteiger partial charge is 0.508 e. The standard InChI is InChI=1S/C25H20N2O.C22H20N2O.C21H17FN2O.C20H17N3.C19H16N4O/c28-16-11-9-15(10-12-16)25-18-6-2-1-5-17(18)23-22(27-25)14-13-21-24(23)19-7-3-4-8-20(19)26-21;1-24-13-12-18-20(24)11-10-19-21(18)16-4-2-3-5-17(16)22(23-19)14-6-8-15(25)9-7-14;22-16-11-12(5-8-19(16)25)21-14-4-2-1-3-13(14)20-15-9-10-23-17(15)6-7-18(20)24-21;1-2-4-15-14(3-1)19-16-9-12-22-17(16)5-6-18(19)23-20(15)13-7-10-21-11-8-13;24-17-8-5-11(9-20-17)19-13-4-2-1-3-12(13)18-14-10-21-23-15(14)6-7-16(18)22-19/h3-4,7-14,26,28H,1-2,5-6H2;6-13,25H,2-5H2,1H3;5-11,24-25H,1-4H2;5-12,23H,1-4H2;5-10H,1-4H2,(H,20,24)(H,21,23). The number of halogens is 1. The molecular weight excluding hydrogens is 1550 g/mol. The molecule has 0 aliphatic heterocycles. The lowest BCUT2D eigenvalue weighted by atomic mass is 9.85. The Morgan fingerprint density at radius 2 is 0.808 bits per heavy atom. The van der Waals surface area contributed by atoms with Crippen LogP contribution in [0.4, 0.5) is 4.39 Å². The van der Waals surface area contributed by atoms with E-state index in [4.69, 9.17) is 15.0 Å². The van der Waals surface area contributed by atoms with E-state index < -0.39 is 5.82 Å². The van der Waals surface area contributed by atoms with Crippen molar-refractivity contribution in [2.24, 2.45) is 7.05 Å². The monoisotopic (exact) mass is 1640 g/mol. The molecule has 12 aromatic heterocycles. The molecule has 17 nitrogen and oxygen atoms in total. The lowest BCUT2D eigenvalue weighted by molar-refractivity contribution is 0.432. The van der Waals surface area contributed by atoms with Gasteiger partial charge < -0.3 is 39.8 Å². The number of H-pyrrole nitrogens is 5. The molecule has 614 valence electrons. The topological polar surface area (TPSA) is 252 Å². The highest BCUT2D eigenvalue weighted by Gasteiger charge is 2.28. The summed E-state index contributed by atoms with van der Waals surface area (Å²) in [5, 5.41) is 50.0. The van der Waals surface area contributed by atoms with Crippen molar-refractivity contribution in [2.75, 3.05) is 0 Å². The number of nitrogens with one attached hydrogen (secondary N) is 5. The van der Waals surface area contributed by atoms with Crippen LogP contribution in [0.3, 0.4) is 0 Å². The molecule has 0 unspecified atom stereocenters. The van der Waals surface area contributed by atoms with E-state index in [9.17, 15) is 24.5 Å². The Morgan fingerprint density at radius 1 is 0.352 bits per heavy atom. The third-order valence-electron chi connectivity index (χ3n) is 26.7. The van der Waals surface area contributed by atoms with Crippen molar-refractivity contribution >= 4 is 120 Å². The van der Waals surface area contributed by atoms with E-state index in [2.05, 4.69) is 166 Å². The van der Waals surface area contributed by atoms with Crippen molar-refractivity contribution in [1.29, 1.82) is 0 Å². The molecule has 9 aromatic carbocycles. The predicted molar refractivity (Wildman–Crippen MR) is 502 cm³/mol. The first-order valence-electron chi connectivity index (χ1n) is 44.0. The molecule has 5 aliphatic rings. The van der Waals surface area contributed by atoms with Crippen molar-refractivity contribution in [3.63, 3.8) is 0 Å². The molecule has 0 amide bonds. The minimum atomic E-state index is -0.591. The third kappa shape index (κ3) is 13.8. The van der Waals surface area contributed by atoms with Gasteiger partial charge >= 0.3 is 0 Å². The van der Waals surface area contributed by atoms with Crippen LogP contribution in [0.2, 0.25) is 0 Å². The van der Waals surface area contributed by atoms with Crippen LogP contribution >= 0.6 is 0 Å². The first-order valence-corrected chi connectivity index (χ1v) is 44.0. The second kappa shape index (κ2) is 32.0. The molecule has 0 fully saturated rings. The number of nitrogens with zero attached hydrogens (tertiary/aromatic N) is 8. The van der Waals surface area contributed by atoms with E-state index in [-0.39, 0.29) is 11.3 Å². The molecular formula is C107H90FN13O4. The average molecular weight is 1640 g/mol. The van der Waals surface area contributed by atoms with E-state index in [1.807, 2.05) is 73.4 Å². The smallest absolute Gasteiger partial charge is 0.247 e. The van der Waals surface area contributed by atoms with Crippen LogP contribution in [-0.2, 0) is 71.3 Å².